The zero-order valence-corrected chi connectivity index (χ0v) is 23.6. The predicted molar refractivity (Wildman–Crippen MR) is 170 cm³/mol. The summed E-state index contributed by atoms with van der Waals surface area (Å²) in [7, 11) is 0. The number of fused-ring (bicyclic) bond motifs is 8. The molecular formula is C36H22BN2S2+. The SMILES string of the molecule is c1ccc(-c2cc3c4c(c2)N2c5ccccc5Sc5cccc(c52)B4c2cccc4c2C3[n+]2ccccc2S4)cc1. The largest absolute Gasteiger partial charge is 0.309 e. The molecule has 1 unspecified atom stereocenters. The summed E-state index contributed by atoms with van der Waals surface area (Å²) >= 11 is 3.80. The highest BCUT2D eigenvalue weighted by Crippen LogP contribution is 2.53. The third-order valence-corrected chi connectivity index (χ3v) is 11.3. The number of rotatable bonds is 1. The van der Waals surface area contributed by atoms with Gasteiger partial charge in [-0.2, -0.15) is 4.57 Å². The highest BCUT2D eigenvalue weighted by atomic mass is 32.2. The molecule has 41 heavy (non-hydrogen) atoms. The number of benzene rings is 5. The minimum absolute atomic E-state index is 0.131. The van der Waals surface area contributed by atoms with E-state index in [0.29, 0.717) is 0 Å². The number of pyridine rings is 1. The minimum atomic E-state index is 0.131. The maximum absolute atomic E-state index is 2.57. The molecule has 1 atom stereocenters. The first-order chi connectivity index (χ1) is 20.3. The lowest BCUT2D eigenvalue weighted by atomic mass is 9.31. The van der Waals surface area contributed by atoms with E-state index in [0.717, 1.165) is 0 Å². The zero-order valence-electron chi connectivity index (χ0n) is 22.0. The molecule has 0 bridgehead atoms. The molecule has 190 valence electrons. The Kier molecular flexibility index (Phi) is 4.49. The number of hydrogen-bond acceptors (Lipinski definition) is 3. The molecule has 0 spiro atoms. The smallest absolute Gasteiger partial charge is 0.248 e. The van der Waals surface area contributed by atoms with Crippen LogP contribution >= 0.6 is 23.5 Å². The predicted octanol–water partition coefficient (Wildman–Crippen LogP) is 6.82. The lowest BCUT2D eigenvalue weighted by Gasteiger charge is -2.45. The van der Waals surface area contributed by atoms with Crippen LogP contribution in [0.4, 0.5) is 17.1 Å². The Bertz CT molecular complexity index is 1960. The van der Waals surface area contributed by atoms with E-state index in [4.69, 9.17) is 0 Å². The molecule has 5 aromatic carbocycles. The maximum Gasteiger partial charge on any atom is 0.248 e. The fourth-order valence-corrected chi connectivity index (χ4v) is 9.69. The third-order valence-electron chi connectivity index (χ3n) is 9.04. The maximum atomic E-state index is 2.57. The Morgan fingerprint density at radius 1 is 0.610 bits per heavy atom. The monoisotopic (exact) mass is 557 g/mol. The number of para-hydroxylation sites is 2. The van der Waals surface area contributed by atoms with Crippen LogP contribution in [0.25, 0.3) is 11.1 Å². The van der Waals surface area contributed by atoms with Gasteiger partial charge in [-0.05, 0) is 76.3 Å². The summed E-state index contributed by atoms with van der Waals surface area (Å²) in [6.07, 6.45) is 2.27. The Balaban J connectivity index is 1.38. The van der Waals surface area contributed by atoms with E-state index in [1.54, 1.807) is 0 Å². The van der Waals surface area contributed by atoms with E-state index >= 15 is 0 Å². The van der Waals surface area contributed by atoms with Crippen LogP contribution in [0.15, 0.2) is 147 Å². The van der Waals surface area contributed by atoms with Gasteiger partial charge in [0.05, 0.1) is 11.4 Å². The first-order valence-corrected chi connectivity index (χ1v) is 15.7. The summed E-state index contributed by atoms with van der Waals surface area (Å²) in [6, 6.07) is 45.4. The van der Waals surface area contributed by atoms with Crippen LogP contribution in [0.3, 0.4) is 0 Å². The van der Waals surface area contributed by atoms with E-state index in [9.17, 15) is 0 Å². The van der Waals surface area contributed by atoms with Crippen LogP contribution < -0.4 is 25.9 Å². The molecule has 4 aliphatic heterocycles. The van der Waals surface area contributed by atoms with Crippen LogP contribution in [0.2, 0.25) is 0 Å². The van der Waals surface area contributed by atoms with Crippen molar-refractivity contribution in [3.05, 3.63) is 139 Å². The van der Waals surface area contributed by atoms with Crippen molar-refractivity contribution in [1.82, 2.24) is 0 Å². The standard InChI is InChI=1S/C36H22BN2S2/c1-2-10-22(11-3-1)23-20-24-34-28(21-23)39-27-14-4-5-15-29(27)40-31-17-9-13-26(36(31)39)37(34)25-12-8-16-30-33(25)35(24)38-19-7-6-18-32(38)41-30/h1-21,35H/q+1. The van der Waals surface area contributed by atoms with E-state index in [-0.39, 0.29) is 12.8 Å². The van der Waals surface area contributed by atoms with Gasteiger partial charge in [-0.3, -0.25) is 0 Å². The zero-order chi connectivity index (χ0) is 26.7. The van der Waals surface area contributed by atoms with Gasteiger partial charge in [-0.1, -0.05) is 84.0 Å². The molecule has 1 aromatic heterocycles. The average Bonchev–Trinajstić information content (AvgIpc) is 3.03. The summed E-state index contributed by atoms with van der Waals surface area (Å²) in [6.45, 7) is 0.194. The van der Waals surface area contributed by atoms with Crippen LogP contribution in [0, 0.1) is 0 Å². The van der Waals surface area contributed by atoms with E-state index < -0.39 is 0 Å². The number of hydrogen-bond donors (Lipinski definition) is 0. The van der Waals surface area contributed by atoms with Crippen molar-refractivity contribution < 1.29 is 4.57 Å². The van der Waals surface area contributed by atoms with Crippen LogP contribution in [0.5, 0.6) is 0 Å². The highest BCUT2D eigenvalue weighted by molar-refractivity contribution is 8.00. The molecule has 0 amide bonds. The summed E-state index contributed by atoms with van der Waals surface area (Å²) < 4.78 is 2.50. The molecule has 0 fully saturated rings. The molecule has 0 radical (unpaired) electrons. The number of nitrogens with zero attached hydrogens (tertiary/aromatic N) is 2. The van der Waals surface area contributed by atoms with Crippen molar-refractivity contribution in [2.45, 2.75) is 25.8 Å². The van der Waals surface area contributed by atoms with Gasteiger partial charge in [0, 0.05) is 43.6 Å². The van der Waals surface area contributed by atoms with Crippen molar-refractivity contribution in [2.75, 3.05) is 4.90 Å². The Hall–Kier alpha value is -4.19. The van der Waals surface area contributed by atoms with Crippen molar-refractivity contribution >= 4 is 63.7 Å². The van der Waals surface area contributed by atoms with Crippen molar-refractivity contribution in [3.63, 3.8) is 0 Å². The summed E-state index contributed by atoms with van der Waals surface area (Å²) in [5.41, 5.74) is 13.6. The molecule has 0 saturated heterocycles. The van der Waals surface area contributed by atoms with Crippen LogP contribution in [-0.4, -0.2) is 6.71 Å². The number of aromatic nitrogens is 1. The topological polar surface area (TPSA) is 7.12 Å². The first kappa shape index (κ1) is 22.5. The van der Waals surface area contributed by atoms with Crippen LogP contribution in [-0.2, 0) is 0 Å². The molecule has 5 heterocycles. The Morgan fingerprint density at radius 2 is 1.39 bits per heavy atom. The molecule has 10 rings (SSSR count). The number of anilines is 3. The summed E-state index contributed by atoms with van der Waals surface area (Å²) in [5.74, 6) is 0. The fourth-order valence-electron chi connectivity index (χ4n) is 7.46. The third kappa shape index (κ3) is 2.95. The second-order valence-corrected chi connectivity index (χ2v) is 13.3. The lowest BCUT2D eigenvalue weighted by molar-refractivity contribution is -0.741. The van der Waals surface area contributed by atoms with E-state index in [1.807, 2.05) is 23.5 Å². The van der Waals surface area contributed by atoms with Gasteiger partial charge in [-0.25, -0.2) is 0 Å². The average molecular weight is 558 g/mol. The van der Waals surface area contributed by atoms with E-state index in [2.05, 4.69) is 137 Å². The minimum Gasteiger partial charge on any atom is -0.309 e. The van der Waals surface area contributed by atoms with Crippen LogP contribution in [0.1, 0.15) is 17.2 Å². The molecular weight excluding hydrogens is 535 g/mol. The highest BCUT2D eigenvalue weighted by Gasteiger charge is 2.50. The molecule has 6 aromatic rings. The Morgan fingerprint density at radius 3 is 2.32 bits per heavy atom. The van der Waals surface area contributed by atoms with Crippen molar-refractivity contribution in [1.29, 1.82) is 0 Å². The van der Waals surface area contributed by atoms with Crippen molar-refractivity contribution in [3.8, 4) is 11.1 Å². The van der Waals surface area contributed by atoms with Crippen molar-refractivity contribution in [2.24, 2.45) is 0 Å². The fraction of sp³-hybridized carbons (Fsp3) is 0.0278. The molecule has 4 aliphatic rings. The van der Waals surface area contributed by atoms with Gasteiger partial charge in [-0.15, -0.1) is 0 Å². The van der Waals surface area contributed by atoms with Gasteiger partial charge in [0.1, 0.15) is 0 Å². The second kappa shape index (κ2) is 8.19. The molecule has 0 N–H and O–H groups in total. The molecule has 2 nitrogen and oxygen atoms in total. The van der Waals surface area contributed by atoms with E-state index in [1.165, 1.54) is 75.4 Å². The molecule has 5 heteroatoms. The van der Waals surface area contributed by atoms with Gasteiger partial charge >= 0.3 is 0 Å². The quantitative estimate of drug-likeness (QED) is 0.162. The normalized spacial score (nSPS) is 16.2. The second-order valence-electron chi connectivity index (χ2n) is 11.1. The summed E-state index contributed by atoms with van der Waals surface area (Å²) in [5, 5.41) is 1.29. The van der Waals surface area contributed by atoms with Gasteiger partial charge < -0.3 is 4.90 Å². The lowest BCUT2D eigenvalue weighted by Crippen LogP contribution is -2.65. The Labute approximate surface area is 247 Å². The van der Waals surface area contributed by atoms with Gasteiger partial charge in [0.25, 0.3) is 0 Å². The van der Waals surface area contributed by atoms with Gasteiger partial charge in [0.2, 0.25) is 17.8 Å². The molecule has 0 aliphatic carbocycles. The summed E-state index contributed by atoms with van der Waals surface area (Å²) in [4.78, 5) is 6.59. The molecule has 0 saturated carbocycles. The first-order valence-electron chi connectivity index (χ1n) is 14.1. The van der Waals surface area contributed by atoms with Gasteiger partial charge in [0.15, 0.2) is 6.20 Å².